The Balaban J connectivity index is 3.06. The average molecular weight is 181 g/mol. The van der Waals surface area contributed by atoms with Gasteiger partial charge in [0.15, 0.2) is 0 Å². The van der Waals surface area contributed by atoms with Crippen molar-refractivity contribution in [3.8, 4) is 11.5 Å². The molecule has 1 aromatic carbocycles. The molecule has 0 bridgehead atoms. The molecule has 0 heterocycles. The van der Waals surface area contributed by atoms with Crippen molar-refractivity contribution in [2.24, 2.45) is 5.73 Å². The fourth-order valence-corrected chi connectivity index (χ4v) is 1.37. The molecular formula is C10H15NO2. The lowest BCUT2D eigenvalue weighted by atomic mass is 10.0. The lowest BCUT2D eigenvalue weighted by Gasteiger charge is -2.11. The minimum Gasteiger partial charge on any atom is -0.508 e. The summed E-state index contributed by atoms with van der Waals surface area (Å²) >= 11 is 0. The van der Waals surface area contributed by atoms with Crippen molar-refractivity contribution in [2.75, 3.05) is 0 Å². The Hall–Kier alpha value is -1.22. The Bertz CT molecular complexity index is 285. The highest BCUT2D eigenvalue weighted by Crippen LogP contribution is 2.27. The van der Waals surface area contributed by atoms with Crippen molar-refractivity contribution >= 4 is 0 Å². The number of benzene rings is 1. The molecule has 72 valence electrons. The lowest BCUT2D eigenvalue weighted by Crippen LogP contribution is -2.18. The molecule has 1 unspecified atom stereocenters. The zero-order chi connectivity index (χ0) is 10.0. The van der Waals surface area contributed by atoms with Gasteiger partial charge in [-0.15, -0.1) is 0 Å². The highest BCUT2D eigenvalue weighted by Gasteiger charge is 2.08. The Labute approximate surface area is 77.8 Å². The molecule has 4 N–H and O–H groups in total. The third-order valence-electron chi connectivity index (χ3n) is 1.96. The van der Waals surface area contributed by atoms with Crippen molar-refractivity contribution < 1.29 is 10.2 Å². The lowest BCUT2D eigenvalue weighted by molar-refractivity contribution is 0.443. The maximum Gasteiger partial charge on any atom is 0.122 e. The maximum absolute atomic E-state index is 9.51. The molecule has 0 aromatic heterocycles. The van der Waals surface area contributed by atoms with E-state index in [4.69, 9.17) is 10.8 Å². The molecule has 1 atom stereocenters. The first-order chi connectivity index (χ1) is 6.00. The van der Waals surface area contributed by atoms with E-state index in [1.165, 1.54) is 6.07 Å². The van der Waals surface area contributed by atoms with E-state index in [0.29, 0.717) is 6.42 Å². The zero-order valence-corrected chi connectivity index (χ0v) is 7.91. The van der Waals surface area contributed by atoms with Crippen LogP contribution in [0.3, 0.4) is 0 Å². The molecule has 3 nitrogen and oxygen atoms in total. The van der Waals surface area contributed by atoms with Crippen LogP contribution in [0.2, 0.25) is 0 Å². The van der Waals surface area contributed by atoms with Crippen molar-refractivity contribution in [1.82, 2.24) is 0 Å². The first kappa shape index (κ1) is 9.86. The van der Waals surface area contributed by atoms with Crippen LogP contribution >= 0.6 is 0 Å². The standard InChI is InChI=1S/C10H15NO2/c1-6-3-8(12)5-10(13)9(6)4-7(2)11/h3,5,7,12-13H,4,11H2,1-2H3. The van der Waals surface area contributed by atoms with E-state index in [2.05, 4.69) is 0 Å². The minimum atomic E-state index is 0.00847. The SMILES string of the molecule is Cc1cc(O)cc(O)c1CC(C)N. The summed E-state index contributed by atoms with van der Waals surface area (Å²) in [6.45, 7) is 3.73. The Morgan fingerprint density at radius 1 is 1.38 bits per heavy atom. The quantitative estimate of drug-likeness (QED) is 0.644. The summed E-state index contributed by atoms with van der Waals surface area (Å²) in [5.41, 5.74) is 7.31. The van der Waals surface area contributed by atoms with Crippen molar-refractivity contribution in [3.05, 3.63) is 23.3 Å². The van der Waals surface area contributed by atoms with Gasteiger partial charge >= 0.3 is 0 Å². The predicted molar refractivity (Wildman–Crippen MR) is 51.9 cm³/mol. The van der Waals surface area contributed by atoms with E-state index in [9.17, 15) is 5.11 Å². The van der Waals surface area contributed by atoms with Gasteiger partial charge in [0, 0.05) is 12.1 Å². The van der Waals surface area contributed by atoms with Crippen LogP contribution in [0.4, 0.5) is 0 Å². The number of nitrogens with two attached hydrogens (primary N) is 1. The van der Waals surface area contributed by atoms with Crippen LogP contribution in [0, 0.1) is 6.92 Å². The molecule has 0 amide bonds. The van der Waals surface area contributed by atoms with Gasteiger partial charge in [-0.05, 0) is 37.5 Å². The normalized spacial score (nSPS) is 12.8. The van der Waals surface area contributed by atoms with Crippen LogP contribution in [-0.4, -0.2) is 16.3 Å². The second-order valence-corrected chi connectivity index (χ2v) is 3.44. The van der Waals surface area contributed by atoms with Crippen LogP contribution in [0.15, 0.2) is 12.1 Å². The number of phenolic OH excluding ortho intramolecular Hbond substituents is 2. The van der Waals surface area contributed by atoms with Gasteiger partial charge in [0.2, 0.25) is 0 Å². The summed E-state index contributed by atoms with van der Waals surface area (Å²) in [5.74, 6) is 0.207. The topological polar surface area (TPSA) is 66.5 Å². The zero-order valence-electron chi connectivity index (χ0n) is 7.91. The first-order valence-electron chi connectivity index (χ1n) is 4.27. The number of aryl methyl sites for hydroxylation is 1. The van der Waals surface area contributed by atoms with Crippen molar-refractivity contribution in [3.63, 3.8) is 0 Å². The van der Waals surface area contributed by atoms with Crippen LogP contribution in [-0.2, 0) is 6.42 Å². The van der Waals surface area contributed by atoms with Crippen LogP contribution in [0.25, 0.3) is 0 Å². The maximum atomic E-state index is 9.51. The minimum absolute atomic E-state index is 0.00847. The van der Waals surface area contributed by atoms with Gasteiger partial charge < -0.3 is 15.9 Å². The molecule has 0 aliphatic rings. The first-order valence-corrected chi connectivity index (χ1v) is 4.27. The van der Waals surface area contributed by atoms with Crippen LogP contribution < -0.4 is 5.73 Å². The number of hydrogen-bond donors (Lipinski definition) is 3. The molecule has 1 rings (SSSR count). The van der Waals surface area contributed by atoms with Gasteiger partial charge in [-0.2, -0.15) is 0 Å². The second-order valence-electron chi connectivity index (χ2n) is 3.44. The third kappa shape index (κ3) is 2.36. The molecule has 0 aliphatic carbocycles. The summed E-state index contributed by atoms with van der Waals surface area (Å²) in [6.07, 6.45) is 0.623. The second kappa shape index (κ2) is 3.66. The van der Waals surface area contributed by atoms with Crippen LogP contribution in [0.5, 0.6) is 11.5 Å². The predicted octanol–water partition coefficient (Wildman–Crippen LogP) is 1.30. The summed E-state index contributed by atoms with van der Waals surface area (Å²) in [6, 6.07) is 2.97. The fourth-order valence-electron chi connectivity index (χ4n) is 1.37. The Morgan fingerprint density at radius 2 is 2.00 bits per heavy atom. The van der Waals surface area contributed by atoms with E-state index in [1.54, 1.807) is 6.07 Å². The molecule has 0 aliphatic heterocycles. The highest BCUT2D eigenvalue weighted by atomic mass is 16.3. The Morgan fingerprint density at radius 3 is 2.46 bits per heavy atom. The largest absolute Gasteiger partial charge is 0.508 e. The number of aromatic hydroxyl groups is 2. The molecule has 3 heteroatoms. The van der Waals surface area contributed by atoms with E-state index in [-0.39, 0.29) is 17.5 Å². The van der Waals surface area contributed by atoms with Gasteiger partial charge in [-0.25, -0.2) is 0 Å². The number of rotatable bonds is 2. The molecule has 0 saturated carbocycles. The van der Waals surface area contributed by atoms with E-state index >= 15 is 0 Å². The number of phenols is 2. The van der Waals surface area contributed by atoms with Gasteiger partial charge in [0.1, 0.15) is 11.5 Å². The molecule has 1 aromatic rings. The van der Waals surface area contributed by atoms with Gasteiger partial charge in [0.25, 0.3) is 0 Å². The molecule has 0 fully saturated rings. The molecule has 13 heavy (non-hydrogen) atoms. The summed E-state index contributed by atoms with van der Waals surface area (Å²) in [4.78, 5) is 0. The molecule has 0 spiro atoms. The number of hydrogen-bond acceptors (Lipinski definition) is 3. The molecule has 0 radical (unpaired) electrons. The van der Waals surface area contributed by atoms with Gasteiger partial charge in [-0.1, -0.05) is 0 Å². The van der Waals surface area contributed by atoms with Gasteiger partial charge in [-0.3, -0.25) is 0 Å². The highest BCUT2D eigenvalue weighted by molar-refractivity contribution is 5.45. The fraction of sp³-hybridized carbons (Fsp3) is 0.400. The van der Waals surface area contributed by atoms with Crippen molar-refractivity contribution in [2.45, 2.75) is 26.3 Å². The summed E-state index contributed by atoms with van der Waals surface area (Å²) < 4.78 is 0. The smallest absolute Gasteiger partial charge is 0.122 e. The van der Waals surface area contributed by atoms with E-state index in [0.717, 1.165) is 11.1 Å². The molecule has 0 saturated heterocycles. The summed E-state index contributed by atoms with van der Waals surface area (Å²) in [7, 11) is 0. The van der Waals surface area contributed by atoms with Crippen LogP contribution in [0.1, 0.15) is 18.1 Å². The third-order valence-corrected chi connectivity index (χ3v) is 1.96. The van der Waals surface area contributed by atoms with E-state index < -0.39 is 0 Å². The monoisotopic (exact) mass is 181 g/mol. The summed E-state index contributed by atoms with van der Waals surface area (Å²) in [5, 5.41) is 18.7. The van der Waals surface area contributed by atoms with Gasteiger partial charge in [0.05, 0.1) is 0 Å². The van der Waals surface area contributed by atoms with E-state index in [1.807, 2.05) is 13.8 Å². The molecular weight excluding hydrogens is 166 g/mol. The van der Waals surface area contributed by atoms with Crippen molar-refractivity contribution in [1.29, 1.82) is 0 Å². The average Bonchev–Trinajstić information content (AvgIpc) is 1.96. The Kier molecular flexibility index (Phi) is 2.78.